The van der Waals surface area contributed by atoms with Crippen LogP contribution >= 0.6 is 0 Å². The minimum absolute atomic E-state index is 0.160. The van der Waals surface area contributed by atoms with Gasteiger partial charge in [0.15, 0.2) is 11.5 Å². The van der Waals surface area contributed by atoms with E-state index in [1.807, 2.05) is 12.1 Å². The van der Waals surface area contributed by atoms with Crippen LogP contribution in [0.3, 0.4) is 0 Å². The Bertz CT molecular complexity index is 670. The summed E-state index contributed by atoms with van der Waals surface area (Å²) >= 11 is 0. The van der Waals surface area contributed by atoms with Crippen LogP contribution in [0.2, 0.25) is 0 Å². The van der Waals surface area contributed by atoms with E-state index in [0.29, 0.717) is 17.7 Å². The average Bonchev–Trinajstić information content (AvgIpc) is 2.83. The number of benzene rings is 1. The third kappa shape index (κ3) is 1.21. The zero-order valence-electron chi connectivity index (χ0n) is 12.0. The number of aromatic hydroxyl groups is 1. The Kier molecular flexibility index (Phi) is 2.08. The van der Waals surface area contributed by atoms with E-state index in [0.717, 1.165) is 19.4 Å². The molecule has 1 aromatic rings. The van der Waals surface area contributed by atoms with Gasteiger partial charge in [0.25, 0.3) is 0 Å². The van der Waals surface area contributed by atoms with E-state index in [-0.39, 0.29) is 17.3 Å². The summed E-state index contributed by atoms with van der Waals surface area (Å²) in [7, 11) is 2.19. The number of phenolic OH excluding ortho intramolecular Hbond substituents is 1. The van der Waals surface area contributed by atoms with Gasteiger partial charge in [-0.15, -0.1) is 0 Å². The number of rotatable bonds is 0. The maximum atomic E-state index is 10.4. The van der Waals surface area contributed by atoms with Crippen molar-refractivity contribution in [3.8, 4) is 11.5 Å². The Morgan fingerprint density at radius 2 is 2.19 bits per heavy atom. The van der Waals surface area contributed by atoms with E-state index < -0.39 is 6.10 Å². The average molecular weight is 285 g/mol. The standard InChI is InChI=1S/C17H19NO3/c1-18-7-6-17-10-3-5-13(20)16(17)21-15-12(19)4-2-9(14(15)17)8-11(10)18/h2-5,10-11,13,16,19-20H,6-8H2,1H3/t10?,11?,13-,16?,17?/m0/s1. The van der Waals surface area contributed by atoms with Crippen molar-refractivity contribution in [2.24, 2.45) is 5.92 Å². The van der Waals surface area contributed by atoms with Gasteiger partial charge in [0.1, 0.15) is 12.2 Å². The van der Waals surface area contributed by atoms with Gasteiger partial charge in [0.05, 0.1) is 0 Å². The number of likely N-dealkylation sites (tertiary alicyclic amines) is 1. The zero-order chi connectivity index (χ0) is 14.4. The predicted octanol–water partition coefficient (Wildman–Crippen LogP) is 1.20. The molecule has 4 unspecified atom stereocenters. The van der Waals surface area contributed by atoms with Crippen molar-refractivity contribution in [2.45, 2.75) is 36.5 Å². The van der Waals surface area contributed by atoms with Crippen LogP contribution in [0.25, 0.3) is 0 Å². The molecule has 110 valence electrons. The fraction of sp³-hybridized carbons (Fsp3) is 0.529. The second-order valence-electron chi connectivity index (χ2n) is 6.93. The van der Waals surface area contributed by atoms with Crippen molar-refractivity contribution in [3.63, 3.8) is 0 Å². The Hall–Kier alpha value is -1.52. The van der Waals surface area contributed by atoms with Crippen LogP contribution in [0.15, 0.2) is 24.3 Å². The lowest BCUT2D eigenvalue weighted by atomic mass is 9.53. The molecule has 2 heterocycles. The Labute approximate surface area is 123 Å². The number of hydrogen-bond acceptors (Lipinski definition) is 4. The highest BCUT2D eigenvalue weighted by Gasteiger charge is 2.64. The molecule has 2 bridgehead atoms. The zero-order valence-corrected chi connectivity index (χ0v) is 12.0. The van der Waals surface area contributed by atoms with Crippen LogP contribution in [-0.2, 0) is 11.8 Å². The van der Waals surface area contributed by atoms with E-state index >= 15 is 0 Å². The van der Waals surface area contributed by atoms with Crippen molar-refractivity contribution >= 4 is 0 Å². The second kappa shape index (κ2) is 3.62. The van der Waals surface area contributed by atoms with Gasteiger partial charge in [-0.05, 0) is 38.1 Å². The normalized spacial score (nSPS) is 42.6. The van der Waals surface area contributed by atoms with Gasteiger partial charge >= 0.3 is 0 Å². The largest absolute Gasteiger partial charge is 0.504 e. The molecule has 0 saturated carbocycles. The molecule has 5 atom stereocenters. The van der Waals surface area contributed by atoms with Crippen LogP contribution in [0.4, 0.5) is 0 Å². The number of nitrogens with zero attached hydrogens (tertiary/aromatic N) is 1. The molecule has 2 aliphatic heterocycles. The third-order valence-corrected chi connectivity index (χ3v) is 6.15. The van der Waals surface area contributed by atoms with Gasteiger partial charge in [0, 0.05) is 22.9 Å². The van der Waals surface area contributed by atoms with Crippen molar-refractivity contribution in [1.82, 2.24) is 4.90 Å². The Morgan fingerprint density at radius 1 is 1.33 bits per heavy atom. The number of hydrogen-bond donors (Lipinski definition) is 2. The van der Waals surface area contributed by atoms with Gasteiger partial charge in [-0.3, -0.25) is 0 Å². The van der Waals surface area contributed by atoms with Gasteiger partial charge < -0.3 is 19.8 Å². The lowest BCUT2D eigenvalue weighted by Crippen LogP contribution is -2.64. The van der Waals surface area contributed by atoms with Gasteiger partial charge in [-0.25, -0.2) is 0 Å². The first kappa shape index (κ1) is 12.1. The summed E-state index contributed by atoms with van der Waals surface area (Å²) in [4.78, 5) is 2.43. The number of ether oxygens (including phenoxy) is 1. The molecular weight excluding hydrogens is 266 g/mol. The molecule has 1 fully saturated rings. The number of phenols is 1. The lowest BCUT2D eigenvalue weighted by molar-refractivity contribution is -0.0453. The minimum Gasteiger partial charge on any atom is -0.504 e. The molecule has 1 saturated heterocycles. The smallest absolute Gasteiger partial charge is 0.165 e. The quantitative estimate of drug-likeness (QED) is 0.703. The summed E-state index contributed by atoms with van der Waals surface area (Å²) in [6.45, 7) is 1.01. The topological polar surface area (TPSA) is 52.9 Å². The molecule has 2 aliphatic carbocycles. The fourth-order valence-electron chi connectivity index (χ4n) is 5.24. The Morgan fingerprint density at radius 3 is 3.05 bits per heavy atom. The second-order valence-corrected chi connectivity index (χ2v) is 6.93. The summed E-state index contributed by atoms with van der Waals surface area (Å²) in [5, 5.41) is 20.6. The number of aliphatic hydroxyl groups is 1. The molecule has 1 aromatic carbocycles. The van der Waals surface area contributed by atoms with Crippen molar-refractivity contribution < 1.29 is 14.9 Å². The van der Waals surface area contributed by atoms with E-state index in [1.54, 1.807) is 6.07 Å². The van der Waals surface area contributed by atoms with E-state index in [9.17, 15) is 10.2 Å². The van der Waals surface area contributed by atoms with Crippen molar-refractivity contribution in [1.29, 1.82) is 0 Å². The van der Waals surface area contributed by atoms with E-state index in [4.69, 9.17) is 4.74 Å². The number of piperidine rings is 1. The molecule has 1 spiro atoms. The highest BCUT2D eigenvalue weighted by Crippen LogP contribution is 2.62. The SMILES string of the molecule is CN1CCC23c4c5ccc(O)c4OC2[C@@H](O)C=CC3C1C5. The number of likely N-dealkylation sites (N-methyl/N-ethyl adjacent to an activating group) is 1. The Balaban J connectivity index is 1.84. The molecule has 2 N–H and O–H groups in total. The first-order valence-corrected chi connectivity index (χ1v) is 7.71. The predicted molar refractivity (Wildman–Crippen MR) is 77.6 cm³/mol. The lowest BCUT2D eigenvalue weighted by Gasteiger charge is -2.56. The first-order valence-electron chi connectivity index (χ1n) is 7.71. The van der Waals surface area contributed by atoms with E-state index in [1.165, 1.54) is 11.1 Å². The molecule has 0 amide bonds. The monoisotopic (exact) mass is 285 g/mol. The molecular formula is C17H19NO3. The number of aliphatic hydroxyl groups excluding tert-OH is 1. The fourth-order valence-corrected chi connectivity index (χ4v) is 5.24. The van der Waals surface area contributed by atoms with Crippen molar-refractivity contribution in [3.05, 3.63) is 35.4 Å². The van der Waals surface area contributed by atoms with Gasteiger partial charge in [-0.1, -0.05) is 18.2 Å². The van der Waals surface area contributed by atoms with Crippen LogP contribution in [-0.4, -0.2) is 47.0 Å². The highest BCUT2D eigenvalue weighted by atomic mass is 16.5. The molecule has 0 aromatic heterocycles. The highest BCUT2D eigenvalue weighted by molar-refractivity contribution is 5.61. The molecule has 4 nitrogen and oxygen atoms in total. The summed E-state index contributed by atoms with van der Waals surface area (Å²) in [5.74, 6) is 1.19. The molecule has 5 rings (SSSR count). The molecule has 4 aliphatic rings. The molecule has 21 heavy (non-hydrogen) atoms. The molecule has 4 heteroatoms. The first-order chi connectivity index (χ1) is 10.1. The van der Waals surface area contributed by atoms with Gasteiger partial charge in [-0.2, -0.15) is 0 Å². The third-order valence-electron chi connectivity index (χ3n) is 6.15. The van der Waals surface area contributed by atoms with Gasteiger partial charge in [0.2, 0.25) is 0 Å². The summed E-state index contributed by atoms with van der Waals surface area (Å²) < 4.78 is 6.09. The minimum atomic E-state index is -0.594. The van der Waals surface area contributed by atoms with Crippen LogP contribution < -0.4 is 4.74 Å². The summed E-state index contributed by atoms with van der Waals surface area (Å²) in [5.41, 5.74) is 2.29. The van der Waals surface area contributed by atoms with Crippen LogP contribution in [0, 0.1) is 5.92 Å². The van der Waals surface area contributed by atoms with Crippen LogP contribution in [0.1, 0.15) is 17.5 Å². The maximum absolute atomic E-state index is 10.4. The molecule has 0 radical (unpaired) electrons. The van der Waals surface area contributed by atoms with Crippen molar-refractivity contribution in [2.75, 3.05) is 13.6 Å². The van der Waals surface area contributed by atoms with Crippen LogP contribution in [0.5, 0.6) is 11.5 Å². The van der Waals surface area contributed by atoms with E-state index in [2.05, 4.69) is 18.0 Å². The summed E-state index contributed by atoms with van der Waals surface area (Å²) in [6.07, 6.45) is 5.18. The summed E-state index contributed by atoms with van der Waals surface area (Å²) in [6, 6.07) is 4.23. The maximum Gasteiger partial charge on any atom is 0.165 e.